The number of pyridine rings is 1. The van der Waals surface area contributed by atoms with Gasteiger partial charge in [-0.3, -0.25) is 14.4 Å². The largest absolute Gasteiger partial charge is 0.481 e. The van der Waals surface area contributed by atoms with E-state index in [1.165, 1.54) is 32.4 Å². The second kappa shape index (κ2) is 17.9. The third kappa shape index (κ3) is 9.82. The fourth-order valence-corrected chi connectivity index (χ4v) is 8.60. The molecule has 4 heterocycles. The third-order valence-electron chi connectivity index (χ3n) is 8.73. The lowest BCUT2D eigenvalue weighted by molar-refractivity contribution is -0.140. The number of hydrogen-bond donors (Lipinski definition) is 1. The number of hydrogen-bond acceptors (Lipinski definition) is 16. The van der Waals surface area contributed by atoms with Gasteiger partial charge in [-0.15, -0.1) is 5.10 Å². The molecular weight excluding hydrogens is 841 g/mol. The Morgan fingerprint density at radius 1 is 1.02 bits per heavy atom. The van der Waals surface area contributed by atoms with Crippen molar-refractivity contribution in [3.63, 3.8) is 0 Å². The van der Waals surface area contributed by atoms with Crippen molar-refractivity contribution in [3.8, 4) is 17.6 Å². The number of rotatable bonds is 13. The average molecular weight is 877 g/mol. The van der Waals surface area contributed by atoms with E-state index in [4.69, 9.17) is 35.3 Å². The van der Waals surface area contributed by atoms with Crippen molar-refractivity contribution in [2.24, 2.45) is 5.92 Å². The maximum absolute atomic E-state index is 13.3. The number of ketones is 3. The lowest BCUT2D eigenvalue weighted by Crippen LogP contribution is -2.35. The Bertz CT molecular complexity index is 2430. The van der Waals surface area contributed by atoms with Crippen LogP contribution in [0.3, 0.4) is 0 Å². The number of halogens is 4. The van der Waals surface area contributed by atoms with Crippen molar-refractivity contribution >= 4 is 60.5 Å². The highest BCUT2D eigenvalue weighted by Gasteiger charge is 2.41. The molecular formula is C34H36ClF3N6O12S2. The minimum atomic E-state index is -4.98. The number of ether oxygens (including phenoxy) is 5. The van der Waals surface area contributed by atoms with Crippen LogP contribution in [0.2, 0.25) is 5.02 Å². The third-order valence-corrected chi connectivity index (χ3v) is 11.7. The second-order valence-corrected chi connectivity index (χ2v) is 16.7. The summed E-state index contributed by atoms with van der Waals surface area (Å²) in [6.45, 7) is 0.808. The summed E-state index contributed by atoms with van der Waals surface area (Å²) in [5.74, 6) is -4.12. The highest BCUT2D eigenvalue weighted by molar-refractivity contribution is 7.92. The summed E-state index contributed by atoms with van der Waals surface area (Å²) in [5.41, 5.74) is -1.35. The first-order valence-electron chi connectivity index (χ1n) is 17.1. The van der Waals surface area contributed by atoms with Gasteiger partial charge >= 0.3 is 6.18 Å². The molecule has 24 heteroatoms. The standard InChI is InChI=1S/C20H23ClO7S.C14H13F3N6O5S/c1-29(25,26)17-8-7-13(20(24)18-15(22)5-2-6-16(18)23)19(21)14(17)11-27-10-12-4-3-9-28-12;1-26-8-6-9(27-2)23-13(19-8)20-12(21-23)22-29(24,25)10-7(14(15,16)17)4-5-18-11(10)28-3/h7-8,12,18H,2-6,9-11H2,1H3;4-6H,1-3H3,(H,21,22). The van der Waals surface area contributed by atoms with Crippen molar-refractivity contribution < 1.29 is 68.1 Å². The maximum atomic E-state index is 13.3. The van der Waals surface area contributed by atoms with Crippen molar-refractivity contribution in [1.82, 2.24) is 24.6 Å². The van der Waals surface area contributed by atoms with E-state index >= 15 is 0 Å². The van der Waals surface area contributed by atoms with Gasteiger partial charge in [0.15, 0.2) is 32.1 Å². The molecule has 1 N–H and O–H groups in total. The summed E-state index contributed by atoms with van der Waals surface area (Å²) in [6, 6.07) is 4.41. The second-order valence-electron chi connectivity index (χ2n) is 12.7. The number of aromatic nitrogens is 5. The average Bonchev–Trinajstić information content (AvgIpc) is 3.83. The summed E-state index contributed by atoms with van der Waals surface area (Å²) < 4.78 is 119. The molecule has 18 nitrogen and oxygen atoms in total. The first-order valence-corrected chi connectivity index (χ1v) is 20.8. The van der Waals surface area contributed by atoms with Crippen LogP contribution in [0, 0.1) is 5.92 Å². The van der Waals surface area contributed by atoms with Crippen LogP contribution < -0.4 is 18.9 Å². The quantitative estimate of drug-likeness (QED) is 0.148. The van der Waals surface area contributed by atoms with E-state index in [-0.39, 0.29) is 70.7 Å². The van der Waals surface area contributed by atoms with E-state index in [2.05, 4.69) is 20.1 Å². The van der Waals surface area contributed by atoms with Gasteiger partial charge in [-0.1, -0.05) is 11.6 Å². The number of anilines is 1. The molecule has 1 atom stereocenters. The molecule has 1 aliphatic carbocycles. The van der Waals surface area contributed by atoms with Gasteiger partial charge in [-0.25, -0.2) is 26.5 Å². The molecule has 0 radical (unpaired) electrons. The van der Waals surface area contributed by atoms with E-state index in [1.807, 2.05) is 4.72 Å². The lowest BCUT2D eigenvalue weighted by atomic mass is 9.81. The Morgan fingerprint density at radius 2 is 1.72 bits per heavy atom. The zero-order valence-corrected chi connectivity index (χ0v) is 33.6. The number of sulfone groups is 1. The number of carbonyl (C=O) groups excluding carboxylic acids is 3. The number of nitrogens with one attached hydrogen (secondary N) is 1. The molecule has 3 aromatic heterocycles. The van der Waals surface area contributed by atoms with Crippen LogP contribution >= 0.6 is 11.6 Å². The molecule has 0 amide bonds. The summed E-state index contributed by atoms with van der Waals surface area (Å²) in [6.07, 6.45) is -0.652. The molecule has 58 heavy (non-hydrogen) atoms. The van der Waals surface area contributed by atoms with Crippen LogP contribution in [0.15, 0.2) is 40.3 Å². The summed E-state index contributed by atoms with van der Waals surface area (Å²) in [5, 5.41) is 3.75. The fraction of sp³-hybridized carbons (Fsp3) is 0.441. The first kappa shape index (κ1) is 44.1. The van der Waals surface area contributed by atoms with Gasteiger partial charge in [0.2, 0.25) is 17.6 Å². The van der Waals surface area contributed by atoms with Gasteiger partial charge in [0, 0.05) is 43.0 Å². The van der Waals surface area contributed by atoms with Crippen LogP contribution in [0.25, 0.3) is 5.78 Å². The van der Waals surface area contributed by atoms with Gasteiger partial charge < -0.3 is 23.7 Å². The van der Waals surface area contributed by atoms with E-state index in [0.717, 1.165) is 36.9 Å². The molecule has 1 saturated carbocycles. The Labute approximate surface area is 334 Å². The van der Waals surface area contributed by atoms with Crippen molar-refractivity contribution in [2.75, 3.05) is 45.5 Å². The number of methoxy groups -OCH3 is 3. The smallest absolute Gasteiger partial charge is 0.418 e. The van der Waals surface area contributed by atoms with E-state index in [1.54, 1.807) is 0 Å². The van der Waals surface area contributed by atoms with Crippen LogP contribution in [0.5, 0.6) is 17.6 Å². The molecule has 6 rings (SSSR count). The number of carbonyl (C=O) groups is 3. The van der Waals surface area contributed by atoms with E-state index < -0.39 is 71.6 Å². The van der Waals surface area contributed by atoms with Crippen molar-refractivity contribution in [3.05, 3.63) is 52.2 Å². The zero-order valence-electron chi connectivity index (χ0n) is 31.2. The molecule has 314 valence electrons. The summed E-state index contributed by atoms with van der Waals surface area (Å²) >= 11 is 6.41. The Kier molecular flexibility index (Phi) is 13.6. The Morgan fingerprint density at radius 3 is 2.31 bits per heavy atom. The van der Waals surface area contributed by atoms with Gasteiger partial charge in [0.25, 0.3) is 21.7 Å². The molecule has 0 spiro atoms. The number of benzene rings is 1. The van der Waals surface area contributed by atoms with Gasteiger partial charge in [0.05, 0.1) is 62.2 Å². The maximum Gasteiger partial charge on any atom is 0.418 e. The molecule has 1 unspecified atom stereocenters. The SMILES string of the molecule is COc1cc(OC)n2nc(NS(=O)(=O)c3c(C(F)(F)F)ccnc3OC)nc2n1.CS(=O)(=O)c1ccc(C(=O)C2C(=O)CCCC2=O)c(Cl)c1COCC1CCCO1. The van der Waals surface area contributed by atoms with Crippen LogP contribution in [-0.4, -0.2) is 106 Å². The predicted molar refractivity (Wildman–Crippen MR) is 195 cm³/mol. The van der Waals surface area contributed by atoms with E-state index in [9.17, 15) is 44.4 Å². The normalized spacial score (nSPS) is 16.5. The minimum absolute atomic E-state index is 0.0385. The number of nitrogens with zero attached hydrogens (tertiary/aromatic N) is 5. The van der Waals surface area contributed by atoms with Crippen LogP contribution in [0.1, 0.15) is 53.6 Å². The van der Waals surface area contributed by atoms with E-state index in [0.29, 0.717) is 19.1 Å². The van der Waals surface area contributed by atoms with Gasteiger partial charge in [-0.05, 0) is 37.5 Å². The van der Waals surface area contributed by atoms with Crippen LogP contribution in [0.4, 0.5) is 19.1 Å². The monoisotopic (exact) mass is 876 g/mol. The molecule has 2 fully saturated rings. The van der Waals surface area contributed by atoms with Crippen molar-refractivity contribution in [2.45, 2.75) is 60.8 Å². The van der Waals surface area contributed by atoms with Gasteiger partial charge in [-0.2, -0.15) is 27.7 Å². The molecule has 1 aliphatic heterocycles. The summed E-state index contributed by atoms with van der Waals surface area (Å²) in [7, 11) is -4.84. The topological polar surface area (TPSA) is 234 Å². The highest BCUT2D eigenvalue weighted by atomic mass is 35.5. The fourth-order valence-electron chi connectivity index (χ4n) is 6.04. The number of sulfonamides is 1. The van der Waals surface area contributed by atoms with Gasteiger partial charge in [0.1, 0.15) is 5.92 Å². The predicted octanol–water partition coefficient (Wildman–Crippen LogP) is 3.92. The molecule has 1 aromatic carbocycles. The molecule has 2 aliphatic rings. The molecule has 1 saturated heterocycles. The van der Waals surface area contributed by atoms with Crippen LogP contribution in [-0.2, 0) is 51.7 Å². The minimum Gasteiger partial charge on any atom is -0.481 e. The number of alkyl halides is 3. The number of Topliss-reactive ketones (excluding diaryl/α,β-unsaturated/α-hetero) is 3. The Hall–Kier alpha value is -4.97. The molecule has 0 bridgehead atoms. The Balaban J connectivity index is 0.000000221. The zero-order chi connectivity index (χ0) is 42.6. The highest BCUT2D eigenvalue weighted by Crippen LogP contribution is 2.38. The molecule has 4 aromatic rings. The number of fused-ring (bicyclic) bond motifs is 1. The lowest BCUT2D eigenvalue weighted by Gasteiger charge is -2.20. The first-order chi connectivity index (χ1) is 27.3. The summed E-state index contributed by atoms with van der Waals surface area (Å²) in [4.78, 5) is 47.3. The van der Waals surface area contributed by atoms with Crippen molar-refractivity contribution in [1.29, 1.82) is 0 Å².